The van der Waals surface area contributed by atoms with Gasteiger partial charge in [-0.1, -0.05) is 0 Å². The molecule has 0 spiro atoms. The van der Waals surface area contributed by atoms with Crippen LogP contribution < -0.4 is 5.73 Å². The van der Waals surface area contributed by atoms with Crippen molar-refractivity contribution in [2.45, 2.75) is 32.2 Å². The number of hydrogen-bond donors (Lipinski definition) is 1. The van der Waals surface area contributed by atoms with Crippen molar-refractivity contribution in [2.75, 3.05) is 26.3 Å². The Hall–Kier alpha value is -0.320. The topological polar surface area (TPSA) is 55.6 Å². The third-order valence-corrected chi connectivity index (χ3v) is 3.93. The van der Waals surface area contributed by atoms with Crippen molar-refractivity contribution in [3.05, 3.63) is 0 Å². The van der Waals surface area contributed by atoms with Crippen molar-refractivity contribution in [3.63, 3.8) is 0 Å². The molecule has 1 saturated carbocycles. The normalized spacial score (nSPS) is 31.2. The molecule has 0 aromatic heterocycles. The third kappa shape index (κ3) is 3.33. The Morgan fingerprint density at radius 3 is 2.82 bits per heavy atom. The number of likely N-dealkylation sites (tertiary alicyclic amines) is 1. The molecule has 3 unspecified atom stereocenters. The zero-order valence-corrected chi connectivity index (χ0v) is 11.2. The maximum atomic E-state index is 11.9. The van der Waals surface area contributed by atoms with E-state index in [4.69, 9.17) is 10.5 Å². The lowest BCUT2D eigenvalue weighted by Crippen LogP contribution is -2.33. The molecule has 0 bridgehead atoms. The standard InChI is InChI=1S/C12H22N2O2.ClH/c1-2-16-6-5-12(15)14-7-9-3-4-11(13)10(9)8-14;/h9-11H,2-8,13H2,1H3;1H. The Morgan fingerprint density at radius 2 is 2.18 bits per heavy atom. The molecule has 3 atom stereocenters. The van der Waals surface area contributed by atoms with E-state index in [1.807, 2.05) is 11.8 Å². The summed E-state index contributed by atoms with van der Waals surface area (Å²) in [6.45, 7) is 4.97. The second kappa shape index (κ2) is 6.57. The van der Waals surface area contributed by atoms with Crippen LogP contribution in [-0.2, 0) is 9.53 Å². The first-order valence-corrected chi connectivity index (χ1v) is 6.33. The van der Waals surface area contributed by atoms with Gasteiger partial charge in [-0.2, -0.15) is 0 Å². The molecule has 0 aromatic carbocycles. The van der Waals surface area contributed by atoms with Crippen molar-refractivity contribution in [1.29, 1.82) is 0 Å². The second-order valence-corrected chi connectivity index (χ2v) is 4.91. The summed E-state index contributed by atoms with van der Waals surface area (Å²) in [5, 5.41) is 0. The highest BCUT2D eigenvalue weighted by Crippen LogP contribution is 2.37. The minimum atomic E-state index is 0. The molecule has 5 heteroatoms. The van der Waals surface area contributed by atoms with Gasteiger partial charge in [-0.15, -0.1) is 12.4 Å². The highest BCUT2D eigenvalue weighted by molar-refractivity contribution is 5.85. The summed E-state index contributed by atoms with van der Waals surface area (Å²) in [6, 6.07) is 0.315. The minimum absolute atomic E-state index is 0. The van der Waals surface area contributed by atoms with Crippen molar-refractivity contribution in [2.24, 2.45) is 17.6 Å². The molecule has 1 heterocycles. The van der Waals surface area contributed by atoms with Gasteiger partial charge in [-0.05, 0) is 31.6 Å². The van der Waals surface area contributed by atoms with E-state index < -0.39 is 0 Å². The molecular weight excluding hydrogens is 240 g/mol. The van der Waals surface area contributed by atoms with Gasteiger partial charge in [0.15, 0.2) is 0 Å². The van der Waals surface area contributed by atoms with Crippen LogP contribution in [-0.4, -0.2) is 43.2 Å². The van der Waals surface area contributed by atoms with Gasteiger partial charge in [0.05, 0.1) is 13.0 Å². The molecule has 2 rings (SSSR count). The van der Waals surface area contributed by atoms with E-state index in [1.165, 1.54) is 6.42 Å². The van der Waals surface area contributed by atoms with Gasteiger partial charge in [0.2, 0.25) is 5.91 Å². The SMILES string of the molecule is CCOCCC(=O)N1CC2CCC(N)C2C1.Cl. The monoisotopic (exact) mass is 262 g/mol. The Kier molecular flexibility index (Phi) is 5.70. The minimum Gasteiger partial charge on any atom is -0.381 e. The number of fused-ring (bicyclic) bond motifs is 1. The maximum absolute atomic E-state index is 11.9. The first-order valence-electron chi connectivity index (χ1n) is 6.33. The molecule has 0 aromatic rings. The molecule has 17 heavy (non-hydrogen) atoms. The predicted octanol–water partition coefficient (Wildman–Crippen LogP) is 1.03. The van der Waals surface area contributed by atoms with Crippen molar-refractivity contribution in [3.8, 4) is 0 Å². The summed E-state index contributed by atoms with van der Waals surface area (Å²) in [4.78, 5) is 13.8. The molecule has 2 N–H and O–H groups in total. The summed E-state index contributed by atoms with van der Waals surface area (Å²) in [5.41, 5.74) is 6.04. The number of halogens is 1. The molecule has 2 fully saturated rings. The van der Waals surface area contributed by atoms with Gasteiger partial charge >= 0.3 is 0 Å². The zero-order valence-electron chi connectivity index (χ0n) is 10.4. The van der Waals surface area contributed by atoms with Gasteiger partial charge in [-0.3, -0.25) is 4.79 Å². The lowest BCUT2D eigenvalue weighted by molar-refractivity contribution is -0.131. The molecule has 1 aliphatic heterocycles. The van der Waals surface area contributed by atoms with Gasteiger partial charge in [0, 0.05) is 25.7 Å². The van der Waals surface area contributed by atoms with E-state index in [1.54, 1.807) is 0 Å². The van der Waals surface area contributed by atoms with Crippen LogP contribution >= 0.6 is 12.4 Å². The van der Waals surface area contributed by atoms with Crippen molar-refractivity contribution < 1.29 is 9.53 Å². The Morgan fingerprint density at radius 1 is 1.41 bits per heavy atom. The smallest absolute Gasteiger partial charge is 0.224 e. The highest BCUT2D eigenvalue weighted by atomic mass is 35.5. The van der Waals surface area contributed by atoms with E-state index in [0.717, 1.165) is 19.5 Å². The first-order chi connectivity index (χ1) is 7.72. The highest BCUT2D eigenvalue weighted by Gasteiger charge is 2.42. The molecule has 1 aliphatic carbocycles. The summed E-state index contributed by atoms with van der Waals surface area (Å²) in [6.07, 6.45) is 2.85. The molecule has 4 nitrogen and oxygen atoms in total. The van der Waals surface area contributed by atoms with Crippen LogP contribution in [0.25, 0.3) is 0 Å². The number of rotatable bonds is 4. The Labute approximate surface area is 109 Å². The number of amides is 1. The summed E-state index contributed by atoms with van der Waals surface area (Å²) in [7, 11) is 0. The molecule has 2 aliphatic rings. The molecule has 0 radical (unpaired) electrons. The Balaban J connectivity index is 0.00000144. The Bertz CT molecular complexity index is 263. The summed E-state index contributed by atoms with van der Waals surface area (Å²) in [5.74, 6) is 1.44. The van der Waals surface area contributed by atoms with E-state index in [9.17, 15) is 4.79 Å². The van der Waals surface area contributed by atoms with E-state index in [2.05, 4.69) is 0 Å². The third-order valence-electron chi connectivity index (χ3n) is 3.93. The van der Waals surface area contributed by atoms with Gasteiger partial charge < -0.3 is 15.4 Å². The number of ether oxygens (including phenoxy) is 1. The number of carbonyl (C=O) groups is 1. The van der Waals surface area contributed by atoms with E-state index >= 15 is 0 Å². The average molecular weight is 263 g/mol. The molecular formula is C12H23ClN2O2. The second-order valence-electron chi connectivity index (χ2n) is 4.91. The molecule has 100 valence electrons. The van der Waals surface area contributed by atoms with Crippen LogP contribution in [0.15, 0.2) is 0 Å². The van der Waals surface area contributed by atoms with E-state index in [-0.39, 0.29) is 18.3 Å². The number of carbonyl (C=O) groups excluding carboxylic acids is 1. The quantitative estimate of drug-likeness (QED) is 0.770. The van der Waals surface area contributed by atoms with Crippen molar-refractivity contribution in [1.82, 2.24) is 4.90 Å². The lowest BCUT2D eigenvalue weighted by Gasteiger charge is -2.18. The summed E-state index contributed by atoms with van der Waals surface area (Å²) >= 11 is 0. The number of nitrogens with two attached hydrogens (primary N) is 1. The number of nitrogens with zero attached hydrogens (tertiary/aromatic N) is 1. The van der Waals surface area contributed by atoms with Gasteiger partial charge in [0.25, 0.3) is 0 Å². The van der Waals surface area contributed by atoms with Crippen LogP contribution in [0.4, 0.5) is 0 Å². The van der Waals surface area contributed by atoms with E-state index in [0.29, 0.717) is 37.5 Å². The largest absolute Gasteiger partial charge is 0.381 e. The average Bonchev–Trinajstić information content (AvgIpc) is 2.82. The van der Waals surface area contributed by atoms with Crippen LogP contribution in [0.5, 0.6) is 0 Å². The molecule has 1 saturated heterocycles. The fraction of sp³-hybridized carbons (Fsp3) is 0.917. The maximum Gasteiger partial charge on any atom is 0.224 e. The van der Waals surface area contributed by atoms with Crippen molar-refractivity contribution >= 4 is 18.3 Å². The zero-order chi connectivity index (χ0) is 11.5. The summed E-state index contributed by atoms with van der Waals surface area (Å²) < 4.78 is 5.21. The predicted molar refractivity (Wildman–Crippen MR) is 69.1 cm³/mol. The lowest BCUT2D eigenvalue weighted by atomic mass is 9.98. The number of hydrogen-bond acceptors (Lipinski definition) is 3. The fourth-order valence-corrected chi connectivity index (χ4v) is 2.97. The van der Waals surface area contributed by atoms with Crippen LogP contribution in [0.1, 0.15) is 26.2 Å². The van der Waals surface area contributed by atoms with Gasteiger partial charge in [0.1, 0.15) is 0 Å². The first kappa shape index (κ1) is 14.7. The van der Waals surface area contributed by atoms with Crippen LogP contribution in [0.2, 0.25) is 0 Å². The molecule has 1 amide bonds. The van der Waals surface area contributed by atoms with Crippen LogP contribution in [0, 0.1) is 11.8 Å². The van der Waals surface area contributed by atoms with Crippen LogP contribution in [0.3, 0.4) is 0 Å². The fourth-order valence-electron chi connectivity index (χ4n) is 2.97. The van der Waals surface area contributed by atoms with Gasteiger partial charge in [-0.25, -0.2) is 0 Å².